The Bertz CT molecular complexity index is 814. The second-order valence-electron chi connectivity index (χ2n) is 4.47. The molecule has 0 atom stereocenters. The molecular formula is C14H13N3O4S. The smallest absolute Gasteiger partial charge is 0.283 e. The SMILES string of the molecule is Cc1ccc(S(=O)(=O)/N=C/Nc2cccc([N+](=O)[O-])c2)cc1. The van der Waals surface area contributed by atoms with Gasteiger partial charge in [0.1, 0.15) is 6.34 Å². The molecule has 0 aliphatic carbocycles. The first kappa shape index (κ1) is 15.6. The molecule has 0 unspecified atom stereocenters. The molecule has 0 aromatic heterocycles. The van der Waals surface area contributed by atoms with Gasteiger partial charge in [0.15, 0.2) is 0 Å². The van der Waals surface area contributed by atoms with Crippen LogP contribution in [0, 0.1) is 17.0 Å². The highest BCUT2D eigenvalue weighted by atomic mass is 32.2. The summed E-state index contributed by atoms with van der Waals surface area (Å²) in [6.07, 6.45) is 0.994. The molecule has 0 saturated heterocycles. The summed E-state index contributed by atoms with van der Waals surface area (Å²) in [5.74, 6) is 0. The summed E-state index contributed by atoms with van der Waals surface area (Å²) in [4.78, 5) is 10.2. The van der Waals surface area contributed by atoms with E-state index in [2.05, 4.69) is 9.71 Å². The summed E-state index contributed by atoms with van der Waals surface area (Å²) in [6, 6.07) is 12.0. The molecule has 8 heteroatoms. The summed E-state index contributed by atoms with van der Waals surface area (Å²) in [5.41, 5.74) is 1.22. The van der Waals surface area contributed by atoms with E-state index in [-0.39, 0.29) is 10.6 Å². The van der Waals surface area contributed by atoms with Crippen LogP contribution in [0.25, 0.3) is 0 Å². The monoisotopic (exact) mass is 319 g/mol. The van der Waals surface area contributed by atoms with Gasteiger partial charge < -0.3 is 5.32 Å². The quantitative estimate of drug-likeness (QED) is 0.395. The van der Waals surface area contributed by atoms with E-state index in [0.29, 0.717) is 5.69 Å². The molecule has 7 nitrogen and oxygen atoms in total. The van der Waals surface area contributed by atoms with Crippen molar-refractivity contribution in [2.75, 3.05) is 5.32 Å². The van der Waals surface area contributed by atoms with Crippen LogP contribution >= 0.6 is 0 Å². The van der Waals surface area contributed by atoms with Gasteiger partial charge in [0, 0.05) is 17.8 Å². The van der Waals surface area contributed by atoms with Crippen molar-refractivity contribution in [3.05, 3.63) is 64.2 Å². The van der Waals surface area contributed by atoms with Gasteiger partial charge >= 0.3 is 0 Å². The van der Waals surface area contributed by atoms with Gasteiger partial charge in [-0.2, -0.15) is 8.42 Å². The van der Waals surface area contributed by atoms with Crippen LogP contribution in [-0.4, -0.2) is 19.7 Å². The Balaban J connectivity index is 2.13. The van der Waals surface area contributed by atoms with Gasteiger partial charge in [-0.25, -0.2) is 0 Å². The Labute approximate surface area is 127 Å². The Kier molecular flexibility index (Phi) is 4.52. The van der Waals surface area contributed by atoms with Gasteiger partial charge in [-0.05, 0) is 25.1 Å². The highest BCUT2D eigenvalue weighted by molar-refractivity contribution is 7.90. The molecule has 1 N–H and O–H groups in total. The minimum Gasteiger partial charge on any atom is -0.345 e. The van der Waals surface area contributed by atoms with Crippen LogP contribution in [0.2, 0.25) is 0 Å². The summed E-state index contributed by atoms with van der Waals surface area (Å²) in [6.45, 7) is 1.85. The number of hydrogen-bond acceptors (Lipinski definition) is 4. The van der Waals surface area contributed by atoms with Gasteiger partial charge in [0.05, 0.1) is 9.82 Å². The second kappa shape index (κ2) is 6.35. The fourth-order valence-corrected chi connectivity index (χ4v) is 2.44. The third kappa shape index (κ3) is 3.89. The van der Waals surface area contributed by atoms with Crippen molar-refractivity contribution in [3.63, 3.8) is 0 Å². The molecule has 0 radical (unpaired) electrons. The van der Waals surface area contributed by atoms with Crippen molar-refractivity contribution in [1.82, 2.24) is 0 Å². The van der Waals surface area contributed by atoms with E-state index in [1.165, 1.54) is 30.3 Å². The molecule has 114 valence electrons. The van der Waals surface area contributed by atoms with E-state index in [1.54, 1.807) is 18.2 Å². The minimum atomic E-state index is -3.80. The average Bonchev–Trinajstić information content (AvgIpc) is 2.48. The summed E-state index contributed by atoms with van der Waals surface area (Å²) in [7, 11) is -3.80. The predicted molar refractivity (Wildman–Crippen MR) is 83.6 cm³/mol. The van der Waals surface area contributed by atoms with Crippen molar-refractivity contribution < 1.29 is 13.3 Å². The summed E-state index contributed by atoms with van der Waals surface area (Å²) < 4.78 is 27.4. The lowest BCUT2D eigenvalue weighted by Gasteiger charge is -2.01. The van der Waals surface area contributed by atoms with Gasteiger partial charge in [-0.1, -0.05) is 23.8 Å². The van der Waals surface area contributed by atoms with Crippen LogP contribution in [0.1, 0.15) is 5.56 Å². The average molecular weight is 319 g/mol. The van der Waals surface area contributed by atoms with Crippen molar-refractivity contribution in [3.8, 4) is 0 Å². The van der Waals surface area contributed by atoms with Crippen LogP contribution in [-0.2, 0) is 10.0 Å². The molecule has 0 spiro atoms. The molecule has 2 aromatic rings. The van der Waals surface area contributed by atoms with Gasteiger partial charge in [-0.3, -0.25) is 10.1 Å². The molecule has 0 aliphatic rings. The number of benzene rings is 2. The van der Waals surface area contributed by atoms with Crippen LogP contribution in [0.15, 0.2) is 57.8 Å². The third-order valence-corrected chi connectivity index (χ3v) is 4.05. The van der Waals surface area contributed by atoms with Crippen molar-refractivity contribution >= 4 is 27.7 Å². The maximum absolute atomic E-state index is 12.0. The highest BCUT2D eigenvalue weighted by Gasteiger charge is 2.11. The number of sulfonamides is 1. The largest absolute Gasteiger partial charge is 0.345 e. The lowest BCUT2D eigenvalue weighted by molar-refractivity contribution is -0.384. The van der Waals surface area contributed by atoms with Crippen molar-refractivity contribution in [2.24, 2.45) is 4.40 Å². The number of rotatable bonds is 5. The van der Waals surface area contributed by atoms with Crippen LogP contribution < -0.4 is 5.32 Å². The zero-order valence-corrected chi connectivity index (χ0v) is 12.4. The Morgan fingerprint density at radius 1 is 1.18 bits per heavy atom. The van der Waals surface area contributed by atoms with Crippen molar-refractivity contribution in [2.45, 2.75) is 11.8 Å². The van der Waals surface area contributed by atoms with E-state index < -0.39 is 14.9 Å². The van der Waals surface area contributed by atoms with Gasteiger partial charge in [0.25, 0.3) is 15.7 Å². The standard InChI is InChI=1S/C14H13N3O4S/c1-11-5-7-14(8-6-11)22(20,21)16-10-15-12-3-2-4-13(9-12)17(18)19/h2-10H,1H3,(H,15,16). The topological polar surface area (TPSA) is 102 Å². The normalized spacial score (nSPS) is 11.5. The Morgan fingerprint density at radius 2 is 1.86 bits per heavy atom. The molecule has 0 aliphatic heterocycles. The number of nitro benzene ring substituents is 1. The van der Waals surface area contributed by atoms with Crippen molar-refractivity contribution in [1.29, 1.82) is 0 Å². The number of non-ortho nitro benzene ring substituents is 1. The lowest BCUT2D eigenvalue weighted by Crippen LogP contribution is -2.02. The van der Waals surface area contributed by atoms with Crippen LogP contribution in [0.4, 0.5) is 11.4 Å². The molecular weight excluding hydrogens is 306 g/mol. The molecule has 0 saturated carbocycles. The predicted octanol–water partition coefficient (Wildman–Crippen LogP) is 2.73. The summed E-state index contributed by atoms with van der Waals surface area (Å²) >= 11 is 0. The van der Waals surface area contributed by atoms with Crippen LogP contribution in [0.5, 0.6) is 0 Å². The molecule has 0 heterocycles. The number of anilines is 1. The third-order valence-electron chi connectivity index (χ3n) is 2.80. The summed E-state index contributed by atoms with van der Waals surface area (Å²) in [5, 5.41) is 13.2. The van der Waals surface area contributed by atoms with Crippen LogP contribution in [0.3, 0.4) is 0 Å². The number of aryl methyl sites for hydroxylation is 1. The highest BCUT2D eigenvalue weighted by Crippen LogP contribution is 2.17. The lowest BCUT2D eigenvalue weighted by atomic mass is 10.2. The number of hydrogen-bond donors (Lipinski definition) is 1. The van der Waals surface area contributed by atoms with E-state index in [1.807, 2.05) is 6.92 Å². The molecule has 0 amide bonds. The second-order valence-corrected chi connectivity index (χ2v) is 6.11. The minimum absolute atomic E-state index is 0.0789. The maximum Gasteiger partial charge on any atom is 0.283 e. The van der Waals surface area contributed by atoms with Gasteiger partial charge in [-0.15, -0.1) is 4.40 Å². The first-order chi connectivity index (χ1) is 10.4. The number of nitro groups is 1. The zero-order valence-electron chi connectivity index (χ0n) is 11.6. The molecule has 2 rings (SSSR count). The molecule has 2 aromatic carbocycles. The van der Waals surface area contributed by atoms with E-state index in [9.17, 15) is 18.5 Å². The fourth-order valence-electron chi connectivity index (χ4n) is 1.65. The Morgan fingerprint density at radius 3 is 2.50 bits per heavy atom. The molecule has 22 heavy (non-hydrogen) atoms. The first-order valence-electron chi connectivity index (χ1n) is 6.25. The van der Waals surface area contributed by atoms with E-state index in [4.69, 9.17) is 0 Å². The molecule has 0 fully saturated rings. The van der Waals surface area contributed by atoms with Gasteiger partial charge in [0.2, 0.25) is 0 Å². The first-order valence-corrected chi connectivity index (χ1v) is 7.69. The molecule has 0 bridgehead atoms. The fraction of sp³-hybridized carbons (Fsp3) is 0.0714. The Hall–Kier alpha value is -2.74. The van der Waals surface area contributed by atoms with E-state index in [0.717, 1.165) is 11.9 Å². The van der Waals surface area contributed by atoms with E-state index >= 15 is 0 Å². The zero-order chi connectivity index (χ0) is 16.2. The number of nitrogens with one attached hydrogen (secondary N) is 1. The maximum atomic E-state index is 12.0. The number of nitrogens with zero attached hydrogens (tertiary/aromatic N) is 2.